The monoisotopic (exact) mass is 571 g/mol. The highest BCUT2D eigenvalue weighted by Crippen LogP contribution is 2.55. The van der Waals surface area contributed by atoms with Crippen molar-refractivity contribution in [2.24, 2.45) is 0 Å². The van der Waals surface area contributed by atoms with E-state index in [2.05, 4.69) is 20.4 Å². The molecule has 15 nitrogen and oxygen atoms in total. The van der Waals surface area contributed by atoms with Crippen LogP contribution in [-0.4, -0.2) is 94.6 Å². The second-order valence-electron chi connectivity index (χ2n) is 8.82. The van der Waals surface area contributed by atoms with Crippen molar-refractivity contribution >= 4 is 38.3 Å². The minimum atomic E-state index is -4.82. The molecule has 2 aromatic heterocycles. The van der Waals surface area contributed by atoms with Gasteiger partial charge in [-0.25, -0.2) is 9.50 Å². The summed E-state index contributed by atoms with van der Waals surface area (Å²) in [4.78, 5) is 36.1. The highest BCUT2D eigenvalue weighted by atomic mass is 35.5. The molecule has 1 aliphatic heterocycles. The predicted octanol–water partition coefficient (Wildman–Crippen LogP) is 0.646. The Hall–Kier alpha value is -1.22. The Balaban J connectivity index is 1.50. The van der Waals surface area contributed by atoms with Gasteiger partial charge in [0.1, 0.15) is 24.4 Å². The lowest BCUT2D eigenvalue weighted by Crippen LogP contribution is -2.33. The van der Waals surface area contributed by atoms with Crippen LogP contribution in [0.3, 0.4) is 0 Å². The standard InChI is InChI=1S/C18H28ClN5O10P2/c1-32-10-4-2-9(3-5-10)21-16-17-20-6-11(24(17)23-18(19)22-16)15-14(26)13(25)12(34-15)7-33-36(30,31)8-35(27,28)29/h6,9-10,12-15,25-26H,2-5,7-8H2,1H3,(H,30,31)(H,21,22,23)(H2,27,28,29)/t9-,10+,12-,13-,14-,15+/m1/s1. The maximum atomic E-state index is 11.9. The molecule has 18 heteroatoms. The highest BCUT2D eigenvalue weighted by molar-refractivity contribution is 7.70. The van der Waals surface area contributed by atoms with Gasteiger partial charge in [0.25, 0.3) is 0 Å². The first-order valence-corrected chi connectivity index (χ1v) is 15.0. The fraction of sp³-hybridized carbons (Fsp3) is 0.722. The lowest BCUT2D eigenvalue weighted by molar-refractivity contribution is -0.0204. The smallest absolute Gasteiger partial charge is 0.340 e. The van der Waals surface area contributed by atoms with Crippen LogP contribution in [0.4, 0.5) is 5.82 Å². The van der Waals surface area contributed by atoms with Gasteiger partial charge in [0.15, 0.2) is 17.4 Å². The van der Waals surface area contributed by atoms with E-state index in [1.165, 1.54) is 10.7 Å². The third-order valence-electron chi connectivity index (χ3n) is 6.17. The van der Waals surface area contributed by atoms with Gasteiger partial charge in [-0.1, -0.05) is 0 Å². The normalized spacial score (nSPS) is 31.0. The molecule has 1 aliphatic carbocycles. The number of anilines is 1. The van der Waals surface area contributed by atoms with Gasteiger partial charge in [-0.05, 0) is 37.3 Å². The minimum absolute atomic E-state index is 0.0959. The number of hydrogen-bond acceptors (Lipinski definition) is 11. The quantitative estimate of drug-likeness (QED) is 0.228. The number of nitrogens with one attached hydrogen (secondary N) is 1. The van der Waals surface area contributed by atoms with Crippen molar-refractivity contribution in [2.45, 2.75) is 62.2 Å². The van der Waals surface area contributed by atoms with Crippen LogP contribution in [0.2, 0.25) is 5.28 Å². The van der Waals surface area contributed by atoms with Crippen LogP contribution in [0, 0.1) is 0 Å². The summed E-state index contributed by atoms with van der Waals surface area (Å²) in [6, 6.07) is 0.116. The molecule has 2 fully saturated rings. The third-order valence-corrected chi connectivity index (χ3v) is 9.78. The average molecular weight is 572 g/mol. The summed E-state index contributed by atoms with van der Waals surface area (Å²) >= 11 is 6.14. The molecule has 0 spiro atoms. The van der Waals surface area contributed by atoms with E-state index in [1.54, 1.807) is 7.11 Å². The predicted molar refractivity (Wildman–Crippen MR) is 125 cm³/mol. The van der Waals surface area contributed by atoms with Crippen molar-refractivity contribution < 1.29 is 48.0 Å². The fourth-order valence-electron chi connectivity index (χ4n) is 4.39. The molecule has 4 rings (SSSR count). The Morgan fingerprint density at radius 1 is 1.19 bits per heavy atom. The van der Waals surface area contributed by atoms with Crippen LogP contribution in [0.5, 0.6) is 0 Å². The number of nitrogens with zero attached hydrogens (tertiary/aromatic N) is 4. The minimum Gasteiger partial charge on any atom is -0.387 e. The van der Waals surface area contributed by atoms with Gasteiger partial charge in [-0.15, -0.1) is 5.10 Å². The molecular formula is C18H28ClN5O10P2. The summed E-state index contributed by atoms with van der Waals surface area (Å²) in [5, 5.41) is 28.4. The van der Waals surface area contributed by atoms with Crippen LogP contribution in [0.25, 0.3) is 5.65 Å². The van der Waals surface area contributed by atoms with E-state index in [9.17, 15) is 24.2 Å². The summed E-state index contributed by atoms with van der Waals surface area (Å²) in [7, 11) is -7.81. The van der Waals surface area contributed by atoms with Crippen molar-refractivity contribution in [3.05, 3.63) is 17.2 Å². The van der Waals surface area contributed by atoms with Crippen molar-refractivity contribution in [1.82, 2.24) is 19.6 Å². The summed E-state index contributed by atoms with van der Waals surface area (Å²) in [5.74, 6) is -1.01. The molecule has 1 unspecified atom stereocenters. The van der Waals surface area contributed by atoms with Gasteiger partial charge in [0, 0.05) is 13.2 Å². The van der Waals surface area contributed by atoms with E-state index in [0.717, 1.165) is 25.7 Å². The van der Waals surface area contributed by atoms with Crippen LogP contribution in [0.15, 0.2) is 6.20 Å². The number of aliphatic hydroxyl groups excluding tert-OH is 2. The first-order valence-electron chi connectivity index (χ1n) is 11.1. The largest absolute Gasteiger partial charge is 0.387 e. The summed E-state index contributed by atoms with van der Waals surface area (Å²) < 4.78 is 40.1. The lowest BCUT2D eigenvalue weighted by Gasteiger charge is -2.28. The first kappa shape index (κ1) is 27.8. The Morgan fingerprint density at radius 3 is 2.53 bits per heavy atom. The van der Waals surface area contributed by atoms with E-state index in [4.69, 9.17) is 35.4 Å². The average Bonchev–Trinajstić information content (AvgIpc) is 3.32. The van der Waals surface area contributed by atoms with Crippen molar-refractivity contribution in [1.29, 1.82) is 0 Å². The van der Waals surface area contributed by atoms with Gasteiger partial charge < -0.3 is 44.2 Å². The molecule has 36 heavy (non-hydrogen) atoms. The van der Waals surface area contributed by atoms with Gasteiger partial charge in [0.05, 0.1) is 24.6 Å². The molecule has 0 aromatic carbocycles. The summed E-state index contributed by atoms with van der Waals surface area (Å²) in [6.07, 6.45) is -0.391. The number of imidazole rings is 1. The first-order chi connectivity index (χ1) is 16.9. The number of fused-ring (bicyclic) bond motifs is 1. The molecular weight excluding hydrogens is 544 g/mol. The maximum Gasteiger partial charge on any atom is 0.340 e. The maximum absolute atomic E-state index is 11.9. The van der Waals surface area contributed by atoms with Gasteiger partial charge in [0.2, 0.25) is 5.28 Å². The molecule has 202 valence electrons. The zero-order valence-corrected chi connectivity index (χ0v) is 21.7. The van der Waals surface area contributed by atoms with E-state index in [-0.39, 0.29) is 23.1 Å². The van der Waals surface area contributed by atoms with Crippen LogP contribution >= 0.6 is 26.8 Å². The molecule has 5 atom stereocenters. The number of hydrogen-bond donors (Lipinski definition) is 6. The van der Waals surface area contributed by atoms with Crippen molar-refractivity contribution in [2.75, 3.05) is 24.9 Å². The number of rotatable bonds is 9. The molecule has 1 saturated heterocycles. The highest BCUT2D eigenvalue weighted by Gasteiger charge is 2.46. The molecule has 1 saturated carbocycles. The zero-order chi connectivity index (χ0) is 26.3. The Morgan fingerprint density at radius 2 is 1.89 bits per heavy atom. The number of methoxy groups -OCH3 is 1. The second-order valence-corrected chi connectivity index (χ2v) is 13.1. The molecule has 6 N–H and O–H groups in total. The lowest BCUT2D eigenvalue weighted by atomic mass is 9.93. The van der Waals surface area contributed by atoms with Crippen molar-refractivity contribution in [3.63, 3.8) is 0 Å². The van der Waals surface area contributed by atoms with Gasteiger partial charge in [-0.3, -0.25) is 9.13 Å². The Bertz CT molecular complexity index is 1170. The molecule has 0 radical (unpaired) electrons. The van der Waals surface area contributed by atoms with E-state index >= 15 is 0 Å². The Labute approximate surface area is 210 Å². The van der Waals surface area contributed by atoms with Crippen molar-refractivity contribution in [3.8, 4) is 0 Å². The Kier molecular flexibility index (Phi) is 8.40. The summed E-state index contributed by atoms with van der Waals surface area (Å²) in [5.41, 5.74) is 0.548. The summed E-state index contributed by atoms with van der Waals surface area (Å²) in [6.45, 7) is -0.702. The fourth-order valence-corrected chi connectivity index (χ4v) is 7.12. The number of aromatic nitrogens is 4. The van der Waals surface area contributed by atoms with E-state index in [1.807, 2.05) is 0 Å². The molecule has 3 heterocycles. The van der Waals surface area contributed by atoms with Crippen LogP contribution in [-0.2, 0) is 23.1 Å². The number of ether oxygens (including phenoxy) is 2. The molecule has 2 aliphatic rings. The van der Waals surface area contributed by atoms with Gasteiger partial charge in [-0.2, -0.15) is 4.98 Å². The van der Waals surface area contributed by atoms with Gasteiger partial charge >= 0.3 is 15.2 Å². The molecule has 2 aromatic rings. The SMILES string of the molecule is CO[C@H]1CC[C@@H](Nc2nc(Cl)nn3c([C@@H]4O[C@H](COP(=O)(O)CP(=O)(O)O)[C@@H](O)[C@H]4O)cnc23)CC1. The second kappa shape index (κ2) is 10.9. The zero-order valence-electron chi connectivity index (χ0n) is 19.1. The van der Waals surface area contributed by atoms with Crippen LogP contribution in [0.1, 0.15) is 37.5 Å². The third kappa shape index (κ3) is 6.43. The van der Waals surface area contributed by atoms with E-state index < -0.39 is 52.1 Å². The van der Waals surface area contributed by atoms with Crippen LogP contribution < -0.4 is 5.32 Å². The molecule has 0 amide bonds. The van der Waals surface area contributed by atoms with E-state index in [0.29, 0.717) is 11.5 Å². The number of aliphatic hydroxyl groups is 2. The topological polar surface area (TPSA) is 218 Å². The number of halogens is 1. The molecule has 0 bridgehead atoms.